The fraction of sp³-hybridized carbons (Fsp3) is 0.650. The Morgan fingerprint density at radius 2 is 1.89 bits per heavy atom. The van der Waals surface area contributed by atoms with Gasteiger partial charge in [-0.1, -0.05) is 30.3 Å². The van der Waals surface area contributed by atoms with E-state index in [4.69, 9.17) is 4.74 Å². The number of carbonyl (C=O) groups excluding carboxylic acids is 1. The number of hydrogen-bond donors (Lipinski definition) is 2. The number of piperidine rings is 1. The van der Waals surface area contributed by atoms with Gasteiger partial charge in [-0.05, 0) is 51.9 Å². The van der Waals surface area contributed by atoms with E-state index < -0.39 is 0 Å². The average molecular weight is 420 g/mol. The Labute approximate surface area is 176 Å². The molecular weight excluding hydrogens is 385 g/mol. The van der Waals surface area contributed by atoms with E-state index in [1.54, 1.807) is 7.11 Å². The minimum absolute atomic E-state index is 0. The zero-order valence-electron chi connectivity index (χ0n) is 16.7. The van der Waals surface area contributed by atoms with Crippen LogP contribution in [0.25, 0.3) is 0 Å². The molecule has 5 nitrogen and oxygen atoms in total. The number of ether oxygens (including phenoxy) is 1. The predicted octanol–water partition coefficient (Wildman–Crippen LogP) is 2.87. The minimum Gasteiger partial charge on any atom is -0.384 e. The molecule has 0 aromatic heterocycles. The normalized spacial score (nSPS) is 16.7. The summed E-state index contributed by atoms with van der Waals surface area (Å²) in [7, 11) is 3.82. The molecule has 156 valence electrons. The molecule has 27 heavy (non-hydrogen) atoms. The highest BCUT2D eigenvalue weighted by molar-refractivity contribution is 5.85. The van der Waals surface area contributed by atoms with E-state index in [9.17, 15) is 4.79 Å². The van der Waals surface area contributed by atoms with Crippen molar-refractivity contribution in [1.29, 1.82) is 0 Å². The van der Waals surface area contributed by atoms with E-state index in [1.807, 2.05) is 6.07 Å². The smallest absolute Gasteiger partial charge is 0.228 e. The molecule has 0 spiro atoms. The van der Waals surface area contributed by atoms with Crippen molar-refractivity contribution in [2.24, 2.45) is 5.41 Å². The summed E-state index contributed by atoms with van der Waals surface area (Å²) >= 11 is 0. The number of nitrogens with one attached hydrogen (secondary N) is 2. The number of methoxy groups -OCH3 is 1. The van der Waals surface area contributed by atoms with Gasteiger partial charge in [0.15, 0.2) is 0 Å². The number of nitrogens with zero attached hydrogens (tertiary/aromatic N) is 1. The van der Waals surface area contributed by atoms with E-state index >= 15 is 0 Å². The molecule has 1 atom stereocenters. The molecule has 2 rings (SSSR count). The van der Waals surface area contributed by atoms with Gasteiger partial charge in [0, 0.05) is 26.2 Å². The maximum absolute atomic E-state index is 12.7. The fourth-order valence-corrected chi connectivity index (χ4v) is 3.45. The number of halogens is 2. The largest absolute Gasteiger partial charge is 0.384 e. The second kappa shape index (κ2) is 13.3. The van der Waals surface area contributed by atoms with Gasteiger partial charge in [-0.3, -0.25) is 9.69 Å². The van der Waals surface area contributed by atoms with Gasteiger partial charge < -0.3 is 15.4 Å². The molecule has 1 aliphatic heterocycles. The maximum atomic E-state index is 12.7. The van der Waals surface area contributed by atoms with Crippen LogP contribution < -0.4 is 10.6 Å². The minimum atomic E-state index is -0.362. The van der Waals surface area contributed by atoms with Crippen LogP contribution in [0.3, 0.4) is 0 Å². The summed E-state index contributed by atoms with van der Waals surface area (Å²) in [6, 6.07) is 10.9. The third-order valence-electron chi connectivity index (χ3n) is 5.34. The fourth-order valence-electron chi connectivity index (χ4n) is 3.45. The Morgan fingerprint density at radius 1 is 1.26 bits per heavy atom. The van der Waals surface area contributed by atoms with Crippen molar-refractivity contribution in [2.45, 2.75) is 38.8 Å². The van der Waals surface area contributed by atoms with E-state index in [-0.39, 0.29) is 36.1 Å². The number of rotatable bonds is 9. The van der Waals surface area contributed by atoms with Crippen molar-refractivity contribution in [2.75, 3.05) is 40.4 Å². The highest BCUT2D eigenvalue weighted by Crippen LogP contribution is 2.29. The van der Waals surface area contributed by atoms with Crippen LogP contribution in [0.1, 0.15) is 31.7 Å². The zero-order valence-corrected chi connectivity index (χ0v) is 18.3. The Bertz CT molecular complexity index is 520. The molecule has 1 aliphatic rings. The monoisotopic (exact) mass is 419 g/mol. The molecule has 0 radical (unpaired) electrons. The van der Waals surface area contributed by atoms with Crippen LogP contribution >= 0.6 is 24.8 Å². The molecule has 1 heterocycles. The van der Waals surface area contributed by atoms with Crippen molar-refractivity contribution < 1.29 is 9.53 Å². The number of hydrogen-bond acceptors (Lipinski definition) is 4. The van der Waals surface area contributed by atoms with Crippen LogP contribution in [0.5, 0.6) is 0 Å². The summed E-state index contributed by atoms with van der Waals surface area (Å²) in [6.45, 7) is 6.11. The molecule has 1 aromatic carbocycles. The zero-order chi connectivity index (χ0) is 18.1. The van der Waals surface area contributed by atoms with Crippen LogP contribution in [-0.2, 0) is 16.1 Å². The number of carbonyl (C=O) groups is 1. The molecule has 7 heteroatoms. The van der Waals surface area contributed by atoms with Crippen molar-refractivity contribution in [1.82, 2.24) is 15.5 Å². The van der Waals surface area contributed by atoms with Gasteiger partial charge in [-0.2, -0.15) is 0 Å². The lowest BCUT2D eigenvalue weighted by Gasteiger charge is -2.35. The van der Waals surface area contributed by atoms with Gasteiger partial charge >= 0.3 is 0 Å². The van der Waals surface area contributed by atoms with Crippen molar-refractivity contribution >= 4 is 30.7 Å². The first-order chi connectivity index (χ1) is 12.1. The second-order valence-corrected chi connectivity index (χ2v) is 7.26. The molecule has 1 fully saturated rings. The summed E-state index contributed by atoms with van der Waals surface area (Å²) in [4.78, 5) is 15.1. The third-order valence-corrected chi connectivity index (χ3v) is 5.34. The van der Waals surface area contributed by atoms with E-state index in [1.165, 1.54) is 5.56 Å². The van der Waals surface area contributed by atoms with Crippen molar-refractivity contribution in [3.63, 3.8) is 0 Å². The Balaban J connectivity index is 0.00000338. The first kappa shape index (κ1) is 26.1. The molecule has 1 unspecified atom stereocenters. The van der Waals surface area contributed by atoms with Crippen LogP contribution in [0.15, 0.2) is 30.3 Å². The van der Waals surface area contributed by atoms with Crippen LogP contribution in [-0.4, -0.2) is 57.2 Å². The van der Waals surface area contributed by atoms with Crippen LogP contribution in [0, 0.1) is 5.41 Å². The third kappa shape index (κ3) is 7.96. The van der Waals surface area contributed by atoms with Crippen molar-refractivity contribution in [3.05, 3.63) is 35.9 Å². The number of benzene rings is 1. The van der Waals surface area contributed by atoms with Gasteiger partial charge in [0.05, 0.1) is 12.0 Å². The first-order valence-corrected chi connectivity index (χ1v) is 9.29. The molecule has 0 bridgehead atoms. The quantitative estimate of drug-likeness (QED) is 0.645. The Hall–Kier alpha value is -0.850. The van der Waals surface area contributed by atoms with E-state index in [2.05, 4.69) is 53.8 Å². The van der Waals surface area contributed by atoms with Gasteiger partial charge in [0.1, 0.15) is 0 Å². The van der Waals surface area contributed by atoms with Gasteiger partial charge in [0.25, 0.3) is 0 Å². The van der Waals surface area contributed by atoms with E-state index in [0.29, 0.717) is 19.2 Å². The van der Waals surface area contributed by atoms with Gasteiger partial charge in [-0.15, -0.1) is 24.8 Å². The standard InChI is InChI=1S/C20H33N3O2.2ClH/c1-17(23(2)15-18-7-5-4-6-8-18)9-12-22-19(24)20(16-25-3)10-13-21-14-11-20;;/h4-8,17,21H,9-16H2,1-3H3,(H,22,24);2*1H. The lowest BCUT2D eigenvalue weighted by Crippen LogP contribution is -2.50. The lowest BCUT2D eigenvalue weighted by molar-refractivity contribution is -0.136. The molecule has 1 aromatic rings. The topological polar surface area (TPSA) is 53.6 Å². The molecule has 2 N–H and O–H groups in total. The SMILES string of the molecule is COCC1(C(=O)NCCC(C)N(C)Cc2ccccc2)CCNCC1.Cl.Cl. The molecule has 1 saturated heterocycles. The molecule has 0 aliphatic carbocycles. The Kier molecular flexibility index (Phi) is 12.9. The number of amides is 1. The first-order valence-electron chi connectivity index (χ1n) is 9.29. The lowest BCUT2D eigenvalue weighted by atomic mass is 9.78. The maximum Gasteiger partial charge on any atom is 0.228 e. The highest BCUT2D eigenvalue weighted by Gasteiger charge is 2.39. The summed E-state index contributed by atoms with van der Waals surface area (Å²) in [5.41, 5.74) is 0.953. The van der Waals surface area contributed by atoms with Crippen molar-refractivity contribution in [3.8, 4) is 0 Å². The second-order valence-electron chi connectivity index (χ2n) is 7.26. The van der Waals surface area contributed by atoms with Crippen LogP contribution in [0.2, 0.25) is 0 Å². The highest BCUT2D eigenvalue weighted by atomic mass is 35.5. The molecular formula is C20H35Cl2N3O2. The predicted molar refractivity (Wildman–Crippen MR) is 116 cm³/mol. The average Bonchev–Trinajstić information content (AvgIpc) is 2.63. The summed E-state index contributed by atoms with van der Waals surface area (Å²) in [5.74, 6) is 0.147. The van der Waals surface area contributed by atoms with Gasteiger partial charge in [0.2, 0.25) is 5.91 Å². The molecule has 1 amide bonds. The summed E-state index contributed by atoms with van der Waals surface area (Å²) < 4.78 is 5.34. The summed E-state index contributed by atoms with van der Waals surface area (Å²) in [5, 5.41) is 6.48. The summed E-state index contributed by atoms with van der Waals surface area (Å²) in [6.07, 6.45) is 2.63. The van der Waals surface area contributed by atoms with Gasteiger partial charge in [-0.25, -0.2) is 0 Å². The Morgan fingerprint density at radius 3 is 2.48 bits per heavy atom. The molecule has 0 saturated carbocycles. The van der Waals surface area contributed by atoms with E-state index in [0.717, 1.165) is 38.9 Å². The van der Waals surface area contributed by atoms with Crippen LogP contribution in [0.4, 0.5) is 0 Å².